The van der Waals surface area contributed by atoms with Crippen LogP contribution >= 0.6 is 12.0 Å². The lowest BCUT2D eigenvalue weighted by atomic mass is 10.1. The Hall–Kier alpha value is 0.180. The van der Waals surface area contributed by atoms with Gasteiger partial charge in [-0.25, -0.2) is 0 Å². The summed E-state index contributed by atoms with van der Waals surface area (Å²) in [6, 6.07) is 0. The highest BCUT2D eigenvalue weighted by molar-refractivity contribution is 8.02. The van der Waals surface area contributed by atoms with E-state index < -0.39 is 10.4 Å². The standard InChI is InChI=1S/C11H25NO4S2/c12-10-8-6-4-2-1-3-5-7-9-11-17-16-18(13,14)15/h1-12H2,(H,13,14,15). The summed E-state index contributed by atoms with van der Waals surface area (Å²) in [6.07, 6.45) is 10.6. The summed E-state index contributed by atoms with van der Waals surface area (Å²) in [6.45, 7) is 0.795. The van der Waals surface area contributed by atoms with Crippen molar-refractivity contribution >= 4 is 22.4 Å². The predicted molar refractivity (Wildman–Crippen MR) is 75.7 cm³/mol. The molecule has 0 aromatic carbocycles. The number of hydrogen-bond donors (Lipinski definition) is 2. The molecule has 0 aliphatic heterocycles. The number of hydrogen-bond acceptors (Lipinski definition) is 5. The van der Waals surface area contributed by atoms with Gasteiger partial charge in [0.25, 0.3) is 0 Å². The van der Waals surface area contributed by atoms with Gasteiger partial charge in [-0.05, 0) is 19.4 Å². The van der Waals surface area contributed by atoms with Crippen molar-refractivity contribution in [3.8, 4) is 0 Å². The molecule has 0 rings (SSSR count). The molecule has 0 atom stereocenters. The van der Waals surface area contributed by atoms with Gasteiger partial charge in [0, 0.05) is 17.8 Å². The molecule has 0 aromatic rings. The molecule has 110 valence electrons. The van der Waals surface area contributed by atoms with Gasteiger partial charge in [0.1, 0.15) is 0 Å². The summed E-state index contributed by atoms with van der Waals surface area (Å²) < 4.78 is 32.9. The molecule has 0 unspecified atom stereocenters. The number of unbranched alkanes of at least 4 members (excludes halogenated alkanes) is 8. The minimum atomic E-state index is -4.28. The summed E-state index contributed by atoms with van der Waals surface area (Å²) in [7, 11) is -4.28. The lowest BCUT2D eigenvalue weighted by molar-refractivity contribution is 0.407. The maximum atomic E-state index is 10.2. The van der Waals surface area contributed by atoms with Gasteiger partial charge < -0.3 is 5.73 Å². The maximum Gasteiger partial charge on any atom is 0.408 e. The molecule has 0 aromatic heterocycles. The number of nitrogens with two attached hydrogens (primary N) is 1. The second kappa shape index (κ2) is 12.2. The lowest BCUT2D eigenvalue weighted by Crippen LogP contribution is -1.97. The Kier molecular flexibility index (Phi) is 12.3. The van der Waals surface area contributed by atoms with Gasteiger partial charge in [-0.1, -0.05) is 44.9 Å². The zero-order chi connectivity index (χ0) is 13.7. The Morgan fingerprint density at radius 2 is 1.33 bits per heavy atom. The first kappa shape index (κ1) is 18.2. The van der Waals surface area contributed by atoms with Crippen LogP contribution < -0.4 is 5.73 Å². The maximum absolute atomic E-state index is 10.2. The van der Waals surface area contributed by atoms with Crippen LogP contribution in [0.1, 0.15) is 57.8 Å². The van der Waals surface area contributed by atoms with Crippen molar-refractivity contribution in [1.29, 1.82) is 0 Å². The van der Waals surface area contributed by atoms with Crippen LogP contribution in [0.5, 0.6) is 0 Å². The van der Waals surface area contributed by atoms with Crippen molar-refractivity contribution in [2.75, 3.05) is 12.3 Å². The van der Waals surface area contributed by atoms with E-state index in [1.807, 2.05) is 0 Å². The smallest absolute Gasteiger partial charge is 0.330 e. The third-order valence-electron chi connectivity index (χ3n) is 2.57. The molecular weight excluding hydrogens is 274 g/mol. The highest BCUT2D eigenvalue weighted by Crippen LogP contribution is 2.13. The van der Waals surface area contributed by atoms with E-state index in [1.165, 1.54) is 38.5 Å². The van der Waals surface area contributed by atoms with E-state index >= 15 is 0 Å². The molecule has 18 heavy (non-hydrogen) atoms. The van der Waals surface area contributed by atoms with Crippen molar-refractivity contribution in [1.82, 2.24) is 0 Å². The Morgan fingerprint density at radius 3 is 1.78 bits per heavy atom. The van der Waals surface area contributed by atoms with Crippen LogP contribution in [0.4, 0.5) is 0 Å². The van der Waals surface area contributed by atoms with Gasteiger partial charge in [0.05, 0.1) is 0 Å². The van der Waals surface area contributed by atoms with Crippen LogP contribution in [-0.4, -0.2) is 25.3 Å². The average molecular weight is 299 g/mol. The van der Waals surface area contributed by atoms with Crippen LogP contribution in [-0.2, 0) is 14.0 Å². The fraction of sp³-hybridized carbons (Fsp3) is 1.00. The summed E-state index contributed by atoms with van der Waals surface area (Å²) in [4.78, 5) is 0. The minimum Gasteiger partial charge on any atom is -0.330 e. The first-order chi connectivity index (χ1) is 8.56. The molecule has 0 bridgehead atoms. The molecule has 0 amide bonds. The Morgan fingerprint density at radius 1 is 0.889 bits per heavy atom. The second-order valence-electron chi connectivity index (χ2n) is 4.29. The van der Waals surface area contributed by atoms with Gasteiger partial charge in [0.2, 0.25) is 0 Å². The van der Waals surface area contributed by atoms with E-state index in [-0.39, 0.29) is 0 Å². The molecule has 0 radical (unpaired) electrons. The third kappa shape index (κ3) is 16.2. The third-order valence-corrected chi connectivity index (χ3v) is 4.09. The molecule has 0 heterocycles. The van der Waals surface area contributed by atoms with Crippen molar-refractivity contribution in [2.24, 2.45) is 5.73 Å². The van der Waals surface area contributed by atoms with Crippen molar-refractivity contribution in [3.05, 3.63) is 0 Å². The van der Waals surface area contributed by atoms with E-state index in [0.717, 1.165) is 37.8 Å². The van der Waals surface area contributed by atoms with E-state index in [2.05, 4.69) is 3.63 Å². The van der Waals surface area contributed by atoms with Crippen molar-refractivity contribution in [3.63, 3.8) is 0 Å². The van der Waals surface area contributed by atoms with Gasteiger partial charge in [-0.2, -0.15) is 12.0 Å². The van der Waals surface area contributed by atoms with Gasteiger partial charge in [-0.15, -0.1) is 0 Å². The molecular formula is C11H25NO4S2. The highest BCUT2D eigenvalue weighted by atomic mass is 32.3. The topological polar surface area (TPSA) is 89.6 Å². The molecule has 0 aliphatic rings. The van der Waals surface area contributed by atoms with Crippen LogP contribution in [0.3, 0.4) is 0 Å². The van der Waals surface area contributed by atoms with E-state index in [9.17, 15) is 8.42 Å². The first-order valence-corrected chi connectivity index (χ1v) is 8.82. The largest absolute Gasteiger partial charge is 0.408 e. The van der Waals surface area contributed by atoms with Gasteiger partial charge in [-0.3, -0.25) is 4.55 Å². The Balaban J connectivity index is 3.03. The molecule has 0 fully saturated rings. The molecule has 0 spiro atoms. The fourth-order valence-electron chi connectivity index (χ4n) is 1.64. The fourth-order valence-corrected chi connectivity index (χ4v) is 2.72. The Labute approximate surface area is 115 Å². The molecule has 5 nitrogen and oxygen atoms in total. The molecule has 0 saturated carbocycles. The van der Waals surface area contributed by atoms with Crippen molar-refractivity contribution in [2.45, 2.75) is 57.8 Å². The van der Waals surface area contributed by atoms with E-state index in [0.29, 0.717) is 5.75 Å². The zero-order valence-corrected chi connectivity index (χ0v) is 12.5. The molecule has 0 aliphatic carbocycles. The molecule has 7 heteroatoms. The monoisotopic (exact) mass is 299 g/mol. The average Bonchev–Trinajstić information content (AvgIpc) is 2.29. The summed E-state index contributed by atoms with van der Waals surface area (Å²) in [5, 5.41) is 0. The molecule has 3 N–H and O–H groups in total. The van der Waals surface area contributed by atoms with Crippen molar-refractivity contribution < 1.29 is 16.6 Å². The van der Waals surface area contributed by atoms with Gasteiger partial charge >= 0.3 is 10.4 Å². The SMILES string of the molecule is NCCCCCCCCCCCSOS(=O)(=O)O. The van der Waals surface area contributed by atoms with Crippen LogP contribution in [0.15, 0.2) is 0 Å². The lowest BCUT2D eigenvalue weighted by Gasteiger charge is -2.02. The van der Waals surface area contributed by atoms with Crippen LogP contribution in [0, 0.1) is 0 Å². The molecule has 0 saturated heterocycles. The normalized spacial score (nSPS) is 11.9. The van der Waals surface area contributed by atoms with E-state index in [1.54, 1.807) is 0 Å². The predicted octanol–water partition coefficient (Wildman–Crippen LogP) is 2.92. The highest BCUT2D eigenvalue weighted by Gasteiger charge is 2.03. The summed E-state index contributed by atoms with van der Waals surface area (Å²) in [5.41, 5.74) is 5.41. The quantitative estimate of drug-likeness (QED) is 0.309. The summed E-state index contributed by atoms with van der Waals surface area (Å²) >= 11 is 0.788. The number of rotatable bonds is 13. The second-order valence-corrected chi connectivity index (χ2v) is 6.33. The Bertz CT molecular complexity index is 270. The zero-order valence-electron chi connectivity index (χ0n) is 10.8. The minimum absolute atomic E-state index is 0.594. The van der Waals surface area contributed by atoms with Crippen LogP contribution in [0.2, 0.25) is 0 Å². The first-order valence-electron chi connectivity index (χ1n) is 6.55. The van der Waals surface area contributed by atoms with E-state index in [4.69, 9.17) is 10.3 Å². The van der Waals surface area contributed by atoms with Gasteiger partial charge in [0.15, 0.2) is 0 Å². The summed E-state index contributed by atoms with van der Waals surface area (Å²) in [5.74, 6) is 0.594. The van der Waals surface area contributed by atoms with Crippen LogP contribution in [0.25, 0.3) is 0 Å².